The van der Waals surface area contributed by atoms with Crippen LogP contribution in [0.15, 0.2) is 53.3 Å². The van der Waals surface area contributed by atoms with E-state index < -0.39 is 0 Å². The quantitative estimate of drug-likeness (QED) is 0.642. The molecule has 1 aliphatic rings. The molecule has 1 aromatic carbocycles. The van der Waals surface area contributed by atoms with Crippen molar-refractivity contribution in [2.45, 2.75) is 25.8 Å². The zero-order chi connectivity index (χ0) is 20.4. The van der Waals surface area contributed by atoms with Crippen LogP contribution in [0.5, 0.6) is 0 Å². The van der Waals surface area contributed by atoms with Crippen molar-refractivity contribution in [3.8, 4) is 10.4 Å². The van der Waals surface area contributed by atoms with Crippen LogP contribution in [-0.2, 0) is 0 Å². The predicted molar refractivity (Wildman–Crippen MR) is 116 cm³/mol. The first-order valence-electron chi connectivity index (χ1n) is 9.48. The molecule has 29 heavy (non-hydrogen) atoms. The lowest BCUT2D eigenvalue weighted by atomic mass is 10.0. The lowest BCUT2D eigenvalue weighted by Gasteiger charge is -2.32. The fraction of sp³-hybridized carbons (Fsp3) is 0.286. The molecule has 1 aliphatic heterocycles. The molecule has 0 aliphatic carbocycles. The maximum absolute atomic E-state index is 12.7. The van der Waals surface area contributed by atoms with Gasteiger partial charge in [-0.05, 0) is 49.0 Å². The van der Waals surface area contributed by atoms with E-state index in [-0.39, 0.29) is 17.5 Å². The standard InChI is InChI=1S/C21H21ClN4O2S/c1-14-11-16(12-19(22)23-14)21(28)25-9-7-17(8-10-25)24-26-20(27)13-18(29-26)15-5-3-2-4-6-15/h2-6,11-13,17,24H,7-10H2,1H3. The SMILES string of the molecule is Cc1cc(C(=O)N2CCC(Nn3sc(-c4ccccc4)cc3=O)CC2)cc(Cl)n1. The summed E-state index contributed by atoms with van der Waals surface area (Å²) in [4.78, 5) is 32.0. The molecule has 4 rings (SSSR count). The van der Waals surface area contributed by atoms with E-state index in [1.54, 1.807) is 22.3 Å². The predicted octanol–water partition coefficient (Wildman–Crippen LogP) is 3.78. The topological polar surface area (TPSA) is 67.2 Å². The van der Waals surface area contributed by atoms with E-state index in [0.717, 1.165) is 29.0 Å². The van der Waals surface area contributed by atoms with Crippen LogP contribution in [-0.4, -0.2) is 39.0 Å². The van der Waals surface area contributed by atoms with Crippen molar-refractivity contribution in [3.05, 3.63) is 75.3 Å². The van der Waals surface area contributed by atoms with Crippen LogP contribution in [0.2, 0.25) is 5.15 Å². The molecule has 150 valence electrons. The van der Waals surface area contributed by atoms with E-state index in [2.05, 4.69) is 10.4 Å². The number of benzene rings is 1. The highest BCUT2D eigenvalue weighted by Crippen LogP contribution is 2.22. The number of carbonyl (C=O) groups is 1. The van der Waals surface area contributed by atoms with Crippen molar-refractivity contribution in [1.29, 1.82) is 0 Å². The van der Waals surface area contributed by atoms with Crippen molar-refractivity contribution in [1.82, 2.24) is 13.9 Å². The fourth-order valence-corrected chi connectivity index (χ4v) is 4.67. The number of nitrogens with one attached hydrogen (secondary N) is 1. The second-order valence-corrected chi connectivity index (χ2v) is 8.49. The van der Waals surface area contributed by atoms with Crippen LogP contribution >= 0.6 is 23.1 Å². The van der Waals surface area contributed by atoms with Gasteiger partial charge in [0.05, 0.1) is 4.88 Å². The Bertz CT molecular complexity index is 1050. The molecule has 0 saturated carbocycles. The van der Waals surface area contributed by atoms with Gasteiger partial charge in [-0.25, -0.2) is 4.98 Å². The maximum Gasteiger partial charge on any atom is 0.280 e. The summed E-state index contributed by atoms with van der Waals surface area (Å²) in [6, 6.07) is 15.0. The third-order valence-electron chi connectivity index (χ3n) is 4.95. The van der Waals surface area contributed by atoms with Crippen molar-refractivity contribution in [3.63, 3.8) is 0 Å². The lowest BCUT2D eigenvalue weighted by Crippen LogP contribution is -2.45. The number of hydrogen-bond acceptors (Lipinski definition) is 5. The van der Waals surface area contributed by atoms with Crippen molar-refractivity contribution >= 4 is 29.0 Å². The zero-order valence-corrected chi connectivity index (χ0v) is 17.5. The molecule has 0 atom stereocenters. The molecule has 1 fully saturated rings. The first-order chi connectivity index (χ1) is 14.0. The van der Waals surface area contributed by atoms with Crippen LogP contribution in [0, 0.1) is 6.92 Å². The van der Waals surface area contributed by atoms with Gasteiger partial charge in [0.15, 0.2) is 0 Å². The molecule has 0 unspecified atom stereocenters. The average molecular weight is 429 g/mol. The number of aromatic nitrogens is 2. The van der Waals surface area contributed by atoms with Crippen molar-refractivity contribution in [2.24, 2.45) is 0 Å². The summed E-state index contributed by atoms with van der Waals surface area (Å²) < 4.78 is 1.59. The van der Waals surface area contributed by atoms with Gasteiger partial charge in [-0.2, -0.15) is 4.07 Å². The molecule has 6 nitrogen and oxygen atoms in total. The number of piperidine rings is 1. The van der Waals surface area contributed by atoms with E-state index in [1.165, 1.54) is 11.5 Å². The van der Waals surface area contributed by atoms with Crippen molar-refractivity contribution < 1.29 is 4.79 Å². The van der Waals surface area contributed by atoms with Crippen LogP contribution in [0.1, 0.15) is 28.9 Å². The normalized spacial score (nSPS) is 14.8. The third kappa shape index (κ3) is 4.52. The molecule has 1 amide bonds. The number of aryl methyl sites for hydroxylation is 1. The monoisotopic (exact) mass is 428 g/mol. The fourth-order valence-electron chi connectivity index (χ4n) is 3.48. The first kappa shape index (κ1) is 19.7. The molecule has 3 heterocycles. The van der Waals surface area contributed by atoms with E-state index >= 15 is 0 Å². The Balaban J connectivity index is 1.39. The van der Waals surface area contributed by atoms with Crippen LogP contribution in [0.25, 0.3) is 10.4 Å². The van der Waals surface area contributed by atoms with Crippen molar-refractivity contribution in [2.75, 3.05) is 18.5 Å². The molecule has 3 aromatic rings. The Morgan fingerprint density at radius 2 is 1.90 bits per heavy atom. The number of pyridine rings is 1. The van der Waals surface area contributed by atoms with Gasteiger partial charge in [-0.3, -0.25) is 9.59 Å². The summed E-state index contributed by atoms with van der Waals surface area (Å²) in [6.07, 6.45) is 1.54. The molecule has 0 radical (unpaired) electrons. The Morgan fingerprint density at radius 3 is 2.59 bits per heavy atom. The molecule has 2 aromatic heterocycles. The molecule has 1 N–H and O–H groups in total. The van der Waals surface area contributed by atoms with E-state index in [4.69, 9.17) is 11.6 Å². The lowest BCUT2D eigenvalue weighted by molar-refractivity contribution is 0.0716. The molecule has 0 spiro atoms. The Labute approximate surface area is 177 Å². The van der Waals surface area contributed by atoms with E-state index in [9.17, 15) is 9.59 Å². The first-order valence-corrected chi connectivity index (χ1v) is 10.6. The van der Waals surface area contributed by atoms with Gasteiger partial charge in [-0.15, -0.1) is 0 Å². The molecular weight excluding hydrogens is 408 g/mol. The number of amides is 1. The molecule has 1 saturated heterocycles. The van der Waals surface area contributed by atoms with Crippen LogP contribution < -0.4 is 11.0 Å². The Kier molecular flexibility index (Phi) is 5.69. The molecular formula is C21H21ClN4O2S. The minimum atomic E-state index is -0.0609. The minimum Gasteiger partial charge on any atom is -0.338 e. The summed E-state index contributed by atoms with van der Waals surface area (Å²) >= 11 is 7.39. The van der Waals surface area contributed by atoms with Gasteiger partial charge in [-0.1, -0.05) is 41.9 Å². The summed E-state index contributed by atoms with van der Waals surface area (Å²) in [6.45, 7) is 3.07. The van der Waals surface area contributed by atoms with Gasteiger partial charge in [0.1, 0.15) is 5.15 Å². The summed E-state index contributed by atoms with van der Waals surface area (Å²) in [5, 5.41) is 0.330. The highest BCUT2D eigenvalue weighted by Gasteiger charge is 2.24. The summed E-state index contributed by atoms with van der Waals surface area (Å²) in [7, 11) is 0. The van der Waals surface area contributed by atoms with E-state index in [1.807, 2.05) is 42.2 Å². The number of likely N-dealkylation sites (tertiary alicyclic amines) is 1. The Hall–Kier alpha value is -2.64. The van der Waals surface area contributed by atoms with Crippen LogP contribution in [0.4, 0.5) is 0 Å². The summed E-state index contributed by atoms with van der Waals surface area (Å²) in [5.41, 5.74) is 5.57. The summed E-state index contributed by atoms with van der Waals surface area (Å²) in [5.74, 6) is -0.0319. The largest absolute Gasteiger partial charge is 0.338 e. The molecule has 0 bridgehead atoms. The van der Waals surface area contributed by atoms with Gasteiger partial charge in [0.2, 0.25) is 0 Å². The van der Waals surface area contributed by atoms with Crippen LogP contribution in [0.3, 0.4) is 0 Å². The second-order valence-electron chi connectivity index (χ2n) is 7.11. The van der Waals surface area contributed by atoms with Gasteiger partial charge >= 0.3 is 0 Å². The van der Waals surface area contributed by atoms with Gasteiger partial charge in [0.25, 0.3) is 11.5 Å². The zero-order valence-electron chi connectivity index (χ0n) is 16.0. The average Bonchev–Trinajstić information content (AvgIpc) is 3.08. The smallest absolute Gasteiger partial charge is 0.280 e. The number of hydrogen-bond donors (Lipinski definition) is 1. The molecule has 8 heteroatoms. The minimum absolute atomic E-state index is 0.0319. The van der Waals surface area contributed by atoms with E-state index in [0.29, 0.717) is 23.8 Å². The number of halogens is 1. The Morgan fingerprint density at radius 1 is 1.17 bits per heavy atom. The third-order valence-corrected chi connectivity index (χ3v) is 6.17. The van der Waals surface area contributed by atoms with Gasteiger partial charge < -0.3 is 10.3 Å². The highest BCUT2D eigenvalue weighted by molar-refractivity contribution is 7.10. The number of nitrogens with zero attached hydrogens (tertiary/aromatic N) is 3. The van der Waals surface area contributed by atoms with Gasteiger partial charge in [0, 0.05) is 36.5 Å². The number of rotatable bonds is 4. The highest BCUT2D eigenvalue weighted by atomic mass is 35.5. The number of carbonyl (C=O) groups excluding carboxylic acids is 1. The second kappa shape index (κ2) is 8.39. The maximum atomic E-state index is 12.7.